The van der Waals surface area contributed by atoms with Crippen molar-refractivity contribution < 1.29 is 13.9 Å². The summed E-state index contributed by atoms with van der Waals surface area (Å²) in [6, 6.07) is 10.8. The van der Waals surface area contributed by atoms with Crippen LogP contribution in [0.4, 0.5) is 8.78 Å². The van der Waals surface area contributed by atoms with Gasteiger partial charge in [-0.05, 0) is 19.9 Å². The largest absolute Gasteiger partial charge is 0.381 e. The summed E-state index contributed by atoms with van der Waals surface area (Å²) in [6.45, 7) is 4.78. The zero-order chi connectivity index (χ0) is 23.8. The molecule has 2 heterocycles. The third-order valence-electron chi connectivity index (χ3n) is 6.29. The van der Waals surface area contributed by atoms with E-state index in [2.05, 4.69) is 29.2 Å². The van der Waals surface area contributed by atoms with E-state index in [4.69, 9.17) is 16.2 Å². The number of aliphatic hydroxyl groups is 1. The van der Waals surface area contributed by atoms with Gasteiger partial charge >= 0.3 is 0 Å². The number of rotatable bonds is 7. The highest BCUT2D eigenvalue weighted by Gasteiger charge is 2.43. The van der Waals surface area contributed by atoms with Crippen molar-refractivity contribution in [1.82, 2.24) is 14.9 Å². The van der Waals surface area contributed by atoms with Crippen molar-refractivity contribution in [3.05, 3.63) is 75.8 Å². The van der Waals surface area contributed by atoms with Gasteiger partial charge in [0.15, 0.2) is 0 Å². The summed E-state index contributed by atoms with van der Waals surface area (Å²) in [5.74, 6) is 4.24. The first-order valence-corrected chi connectivity index (χ1v) is 11.5. The molecule has 2 aromatic carbocycles. The minimum Gasteiger partial charge on any atom is -0.381 e. The molecule has 0 spiro atoms. The van der Waals surface area contributed by atoms with Gasteiger partial charge in [-0.25, -0.2) is 19.6 Å². The molecule has 0 saturated heterocycles. The first-order valence-electron chi connectivity index (χ1n) is 10.7. The number of nitrogens with two attached hydrogens (primary N) is 1. The van der Waals surface area contributed by atoms with E-state index in [9.17, 15) is 13.9 Å². The Hall–Kier alpha value is -2.72. The molecule has 1 aliphatic rings. The summed E-state index contributed by atoms with van der Waals surface area (Å²) < 4.78 is 28.3. The van der Waals surface area contributed by atoms with Gasteiger partial charge in [0.2, 0.25) is 0 Å². The number of thiazole rings is 1. The van der Waals surface area contributed by atoms with Gasteiger partial charge in [-0.1, -0.05) is 35.9 Å². The van der Waals surface area contributed by atoms with Crippen LogP contribution in [0, 0.1) is 24.0 Å². The molecule has 174 valence electrons. The first-order chi connectivity index (χ1) is 15.7. The van der Waals surface area contributed by atoms with Gasteiger partial charge in [-0.15, -0.1) is 11.3 Å². The number of hydrazine groups is 1. The van der Waals surface area contributed by atoms with E-state index in [-0.39, 0.29) is 12.1 Å². The molecule has 0 amide bonds. The number of benzene rings is 2. The molecule has 1 aliphatic heterocycles. The third-order valence-corrected chi connectivity index (χ3v) is 7.42. The smallest absolute Gasteiger partial charge is 0.132 e. The van der Waals surface area contributed by atoms with Crippen LogP contribution in [0.2, 0.25) is 0 Å². The van der Waals surface area contributed by atoms with Gasteiger partial charge in [0.1, 0.15) is 22.2 Å². The number of aromatic nitrogens is 1. The Morgan fingerprint density at radius 1 is 1.30 bits per heavy atom. The summed E-state index contributed by atoms with van der Waals surface area (Å²) in [4.78, 5) is 7.97. The van der Waals surface area contributed by atoms with E-state index in [1.165, 1.54) is 11.6 Å². The maximum Gasteiger partial charge on any atom is 0.132 e. The summed E-state index contributed by atoms with van der Waals surface area (Å²) in [5, 5.41) is 21.0. The quantitative estimate of drug-likeness (QED) is 0.211. The zero-order valence-corrected chi connectivity index (χ0v) is 19.4. The maximum absolute atomic E-state index is 14.7. The van der Waals surface area contributed by atoms with Crippen LogP contribution in [0.15, 0.2) is 42.5 Å². The Balaban J connectivity index is 1.63. The second-order valence-corrected chi connectivity index (χ2v) is 9.58. The van der Waals surface area contributed by atoms with E-state index >= 15 is 0 Å². The van der Waals surface area contributed by atoms with E-state index < -0.39 is 23.3 Å². The molecule has 0 aliphatic carbocycles. The molecule has 9 heteroatoms. The molecular weight excluding hydrogens is 444 g/mol. The number of aryl methyl sites for hydroxylation is 1. The van der Waals surface area contributed by atoms with Crippen molar-refractivity contribution >= 4 is 17.7 Å². The fourth-order valence-electron chi connectivity index (χ4n) is 4.27. The molecule has 0 fully saturated rings. The van der Waals surface area contributed by atoms with Crippen LogP contribution in [0.1, 0.15) is 28.6 Å². The van der Waals surface area contributed by atoms with E-state index in [1.807, 2.05) is 6.92 Å². The molecule has 33 heavy (non-hydrogen) atoms. The Labute approximate surface area is 195 Å². The molecule has 0 radical (unpaired) electrons. The highest BCUT2D eigenvalue weighted by molar-refractivity contribution is 7.15. The van der Waals surface area contributed by atoms with Gasteiger partial charge in [0.05, 0.1) is 18.6 Å². The van der Waals surface area contributed by atoms with Crippen LogP contribution >= 0.6 is 11.3 Å². The molecule has 6 nitrogen and oxygen atoms in total. The predicted molar refractivity (Wildman–Crippen MR) is 126 cm³/mol. The van der Waals surface area contributed by atoms with Gasteiger partial charge in [-0.3, -0.25) is 15.3 Å². The van der Waals surface area contributed by atoms with E-state index in [0.29, 0.717) is 19.5 Å². The minimum atomic E-state index is -1.77. The second kappa shape index (κ2) is 9.26. The van der Waals surface area contributed by atoms with Gasteiger partial charge in [-0.2, -0.15) is 0 Å². The van der Waals surface area contributed by atoms with Crippen molar-refractivity contribution in [1.29, 1.82) is 5.41 Å². The number of nitrogens with one attached hydrogen (secondary N) is 1. The molecule has 0 bridgehead atoms. The molecule has 2 atom stereocenters. The summed E-state index contributed by atoms with van der Waals surface area (Å²) in [6.07, 6.45) is 1.56. The lowest BCUT2D eigenvalue weighted by Crippen LogP contribution is -2.56. The van der Waals surface area contributed by atoms with Crippen LogP contribution in [0.5, 0.6) is 0 Å². The normalized spacial score (nSPS) is 16.7. The Morgan fingerprint density at radius 2 is 2.03 bits per heavy atom. The average molecular weight is 472 g/mol. The fraction of sp³-hybridized carbons (Fsp3) is 0.333. The Bertz CT molecular complexity index is 1150. The first kappa shape index (κ1) is 23.4. The SMILES string of the molecule is Cc1ccc(-c2nc3c(s2)CN(C(C)C(O)(CN(N)C=N)c2ccc(F)cc2F)CC3)cc1. The van der Waals surface area contributed by atoms with Crippen molar-refractivity contribution in [2.75, 3.05) is 13.1 Å². The average Bonchev–Trinajstić information content (AvgIpc) is 3.22. The summed E-state index contributed by atoms with van der Waals surface area (Å²) in [7, 11) is 0. The van der Waals surface area contributed by atoms with Crippen LogP contribution in [0.25, 0.3) is 10.6 Å². The van der Waals surface area contributed by atoms with Crippen molar-refractivity contribution in [3.63, 3.8) is 0 Å². The maximum atomic E-state index is 14.7. The Morgan fingerprint density at radius 3 is 2.70 bits per heavy atom. The molecule has 3 aromatic rings. The van der Waals surface area contributed by atoms with E-state index in [1.54, 1.807) is 18.3 Å². The van der Waals surface area contributed by atoms with Crippen LogP contribution < -0.4 is 5.84 Å². The monoisotopic (exact) mass is 471 g/mol. The molecular formula is C24H27F2N5OS. The topological polar surface area (TPSA) is 89.5 Å². The standard InChI is InChI=1S/C24H27F2N5OS/c1-15-3-5-17(6-4-15)23-29-21-9-10-30(12-22(21)33-23)16(2)24(32,13-31(28)14-27)19-8-7-18(25)11-20(19)26/h3-8,11,14,16,27,32H,9-10,12-13,28H2,1-2H3. The number of hydrogen-bond donors (Lipinski definition) is 3. The zero-order valence-electron chi connectivity index (χ0n) is 18.6. The lowest BCUT2D eigenvalue weighted by Gasteiger charge is -2.43. The summed E-state index contributed by atoms with van der Waals surface area (Å²) in [5.41, 5.74) is 1.46. The molecule has 2 unspecified atom stereocenters. The lowest BCUT2D eigenvalue weighted by molar-refractivity contribution is -0.0645. The number of fused-ring (bicyclic) bond motifs is 1. The molecule has 1 aromatic heterocycles. The fourth-order valence-corrected chi connectivity index (χ4v) is 5.41. The number of hydrogen-bond acceptors (Lipinski definition) is 6. The highest BCUT2D eigenvalue weighted by atomic mass is 32.1. The van der Waals surface area contributed by atoms with Gasteiger partial charge in [0.25, 0.3) is 0 Å². The Kier molecular flexibility index (Phi) is 6.58. The molecule has 4 rings (SSSR count). The van der Waals surface area contributed by atoms with Crippen LogP contribution in [0.3, 0.4) is 0 Å². The van der Waals surface area contributed by atoms with Crippen LogP contribution in [-0.2, 0) is 18.6 Å². The van der Waals surface area contributed by atoms with E-state index in [0.717, 1.165) is 44.6 Å². The van der Waals surface area contributed by atoms with Gasteiger partial charge in [0, 0.05) is 47.6 Å². The third kappa shape index (κ3) is 4.67. The second-order valence-electron chi connectivity index (χ2n) is 8.50. The van der Waals surface area contributed by atoms with Crippen molar-refractivity contribution in [3.8, 4) is 10.6 Å². The number of nitrogens with zero attached hydrogens (tertiary/aromatic N) is 3. The number of halogens is 2. The summed E-state index contributed by atoms with van der Waals surface area (Å²) >= 11 is 1.62. The van der Waals surface area contributed by atoms with Crippen LogP contribution in [-0.4, -0.2) is 45.5 Å². The lowest BCUT2D eigenvalue weighted by atomic mass is 9.84. The minimum absolute atomic E-state index is 0.0517. The molecule has 4 N–H and O–H groups in total. The van der Waals surface area contributed by atoms with Crippen molar-refractivity contribution in [2.24, 2.45) is 5.84 Å². The predicted octanol–water partition coefficient (Wildman–Crippen LogP) is 3.81. The van der Waals surface area contributed by atoms with Gasteiger partial charge < -0.3 is 5.11 Å². The highest BCUT2D eigenvalue weighted by Crippen LogP contribution is 2.37. The van der Waals surface area contributed by atoms with Crippen molar-refractivity contribution in [2.45, 2.75) is 38.5 Å². The molecule has 0 saturated carbocycles.